The van der Waals surface area contributed by atoms with Crippen molar-refractivity contribution in [2.75, 3.05) is 34.2 Å². The fourth-order valence-corrected chi connectivity index (χ4v) is 2.67. The van der Waals surface area contributed by atoms with Crippen molar-refractivity contribution in [3.8, 4) is 0 Å². The van der Waals surface area contributed by atoms with Crippen LogP contribution in [0.5, 0.6) is 0 Å². The summed E-state index contributed by atoms with van der Waals surface area (Å²) in [5.74, 6) is -0.124. The zero-order chi connectivity index (χ0) is 18.3. The Hall–Kier alpha value is -2.73. The molecule has 6 nitrogen and oxygen atoms in total. The van der Waals surface area contributed by atoms with E-state index < -0.39 is 0 Å². The van der Waals surface area contributed by atoms with Gasteiger partial charge in [0.15, 0.2) is 0 Å². The molecule has 0 aromatic heterocycles. The van der Waals surface area contributed by atoms with Gasteiger partial charge in [0.2, 0.25) is 0 Å². The number of hydrogen-bond donors (Lipinski definition) is 1. The van der Waals surface area contributed by atoms with E-state index in [4.69, 9.17) is 0 Å². The maximum Gasteiger partial charge on any atom is 0.252 e. The summed E-state index contributed by atoms with van der Waals surface area (Å²) in [6, 6.07) is 10.3. The lowest BCUT2D eigenvalue weighted by atomic mass is 10.1. The smallest absolute Gasteiger partial charge is 0.252 e. The summed E-state index contributed by atoms with van der Waals surface area (Å²) in [5, 5.41) is 5.71. The van der Waals surface area contributed by atoms with Crippen molar-refractivity contribution in [1.82, 2.24) is 10.2 Å². The second-order valence-electron chi connectivity index (χ2n) is 6.75. The lowest BCUT2D eigenvalue weighted by Gasteiger charge is -2.30. The molecular weight excluding hydrogens is 316 g/mol. The molecule has 1 heterocycles. The second-order valence-corrected chi connectivity index (χ2v) is 6.75. The molecule has 0 fully saturated rings. The van der Waals surface area contributed by atoms with Gasteiger partial charge in [-0.2, -0.15) is 0 Å². The van der Waals surface area contributed by atoms with Gasteiger partial charge in [-0.15, -0.1) is 4.91 Å². The van der Waals surface area contributed by atoms with Gasteiger partial charge >= 0.3 is 0 Å². The van der Waals surface area contributed by atoms with E-state index in [2.05, 4.69) is 36.7 Å². The number of nitrogens with zero attached hydrogens (tertiary/aromatic N) is 3. The van der Waals surface area contributed by atoms with Crippen molar-refractivity contribution >= 4 is 5.91 Å². The minimum Gasteiger partial charge on any atom is -0.349 e. The van der Waals surface area contributed by atoms with Crippen LogP contribution in [0.15, 0.2) is 71.3 Å². The Morgan fingerprint density at radius 3 is 2.60 bits per heavy atom. The molecule has 0 spiro atoms. The van der Waals surface area contributed by atoms with E-state index in [1.54, 1.807) is 30.3 Å². The first-order valence-electron chi connectivity index (χ1n) is 8.21. The highest BCUT2D eigenvalue weighted by Crippen LogP contribution is 2.15. The Morgan fingerprint density at radius 2 is 1.96 bits per heavy atom. The number of nitrogens with one attached hydrogen (secondary N) is 1. The fourth-order valence-electron chi connectivity index (χ4n) is 2.67. The third-order valence-electron chi connectivity index (χ3n) is 4.08. The van der Waals surface area contributed by atoms with Crippen LogP contribution in [0.1, 0.15) is 5.56 Å². The molecule has 0 bridgehead atoms. The molecule has 1 aliphatic rings. The van der Waals surface area contributed by atoms with E-state index >= 15 is 0 Å². The molecule has 0 saturated heterocycles. The lowest BCUT2D eigenvalue weighted by molar-refractivity contribution is -0.902. The van der Waals surface area contributed by atoms with E-state index in [0.717, 1.165) is 17.6 Å². The highest BCUT2D eigenvalue weighted by atomic mass is 16.2. The highest BCUT2D eigenvalue weighted by molar-refractivity contribution is 5.96. The number of carbonyl (C=O) groups excluding carboxylic acids is 1. The average Bonchev–Trinajstić information content (AvgIpc) is 2.57. The predicted octanol–water partition coefficient (Wildman–Crippen LogP) is 2.37. The van der Waals surface area contributed by atoms with Crippen molar-refractivity contribution < 1.29 is 9.28 Å². The molecule has 0 radical (unpaired) electrons. The van der Waals surface area contributed by atoms with Crippen molar-refractivity contribution in [3.05, 3.63) is 76.6 Å². The van der Waals surface area contributed by atoms with Gasteiger partial charge in [0.25, 0.3) is 5.91 Å². The van der Waals surface area contributed by atoms with Crippen LogP contribution in [0.4, 0.5) is 0 Å². The van der Waals surface area contributed by atoms with Crippen LogP contribution in [0.25, 0.3) is 0 Å². The minimum absolute atomic E-state index is 0.124. The van der Waals surface area contributed by atoms with E-state index in [0.29, 0.717) is 17.8 Å². The van der Waals surface area contributed by atoms with Crippen LogP contribution in [-0.2, 0) is 11.3 Å². The van der Waals surface area contributed by atoms with Gasteiger partial charge in [-0.3, -0.25) is 4.79 Å². The van der Waals surface area contributed by atoms with Gasteiger partial charge in [-0.25, -0.2) is 0 Å². The summed E-state index contributed by atoms with van der Waals surface area (Å²) < 4.78 is 0.789. The zero-order valence-electron chi connectivity index (χ0n) is 15.0. The number of likely N-dealkylation sites (N-methyl/N-ethyl adjacent to an activating group) is 2. The molecule has 1 N–H and O–H groups in total. The van der Waals surface area contributed by atoms with Crippen LogP contribution >= 0.6 is 0 Å². The van der Waals surface area contributed by atoms with Crippen LogP contribution in [0.2, 0.25) is 0 Å². The molecule has 0 saturated carbocycles. The average molecular weight is 341 g/mol. The SMILES string of the molecule is CN1C=C(C(=O)NCC[N+](C)(C)Cc2ccccc2)C=C/C1=C/N=O. The summed E-state index contributed by atoms with van der Waals surface area (Å²) in [6.07, 6.45) is 6.30. The van der Waals surface area contributed by atoms with Gasteiger partial charge < -0.3 is 14.7 Å². The molecule has 1 aliphatic heterocycles. The topological polar surface area (TPSA) is 61.8 Å². The molecule has 6 heteroatoms. The van der Waals surface area contributed by atoms with Gasteiger partial charge in [0.05, 0.1) is 44.7 Å². The Bertz CT molecular complexity index is 705. The largest absolute Gasteiger partial charge is 0.349 e. The second kappa shape index (κ2) is 8.39. The third-order valence-corrected chi connectivity index (χ3v) is 4.08. The van der Waals surface area contributed by atoms with Gasteiger partial charge in [0, 0.05) is 18.8 Å². The van der Waals surface area contributed by atoms with Crippen LogP contribution < -0.4 is 5.32 Å². The van der Waals surface area contributed by atoms with Gasteiger partial charge in [-0.1, -0.05) is 30.3 Å². The summed E-state index contributed by atoms with van der Waals surface area (Å²) in [4.78, 5) is 24.3. The summed E-state index contributed by atoms with van der Waals surface area (Å²) in [5.41, 5.74) is 2.48. The molecule has 25 heavy (non-hydrogen) atoms. The Balaban J connectivity index is 1.84. The molecule has 1 aromatic rings. The fraction of sp³-hybridized carbons (Fsp3) is 0.316. The molecule has 2 rings (SSSR count). The molecule has 132 valence electrons. The number of quaternary nitrogens is 1. The van der Waals surface area contributed by atoms with Crippen LogP contribution in [0.3, 0.4) is 0 Å². The zero-order valence-corrected chi connectivity index (χ0v) is 15.0. The molecule has 0 aliphatic carbocycles. The predicted molar refractivity (Wildman–Crippen MR) is 99.0 cm³/mol. The van der Waals surface area contributed by atoms with Crippen LogP contribution in [0, 0.1) is 4.91 Å². The summed E-state index contributed by atoms with van der Waals surface area (Å²) in [7, 11) is 6.07. The number of nitroso groups, excluding NO2 is 1. The Labute approximate surface area is 148 Å². The number of carbonyl (C=O) groups is 1. The number of allylic oxidation sites excluding steroid dienone is 1. The summed E-state index contributed by atoms with van der Waals surface area (Å²) in [6.45, 7) is 2.33. The van der Waals surface area contributed by atoms with Crippen LogP contribution in [-0.4, -0.2) is 49.5 Å². The van der Waals surface area contributed by atoms with Crippen molar-refractivity contribution in [2.45, 2.75) is 6.54 Å². The van der Waals surface area contributed by atoms with Gasteiger partial charge in [0.1, 0.15) is 6.54 Å². The quantitative estimate of drug-likeness (QED) is 0.612. The van der Waals surface area contributed by atoms with Gasteiger partial charge in [-0.05, 0) is 17.3 Å². The summed E-state index contributed by atoms with van der Waals surface area (Å²) >= 11 is 0. The molecule has 1 aromatic carbocycles. The standard InChI is InChI=1S/C19H24N4O2/c1-22-14-17(9-10-18(22)13-21-25)19(24)20-11-12-23(2,3)15-16-7-5-4-6-8-16/h4-10,13-14H,11-12,15H2,1-3H3/p+1/b18-13-. The number of amides is 1. The Kier molecular flexibility index (Phi) is 6.25. The number of hydrogen-bond acceptors (Lipinski definition) is 4. The first kappa shape index (κ1) is 18.6. The molecule has 0 unspecified atom stereocenters. The molecule has 0 atom stereocenters. The van der Waals surface area contributed by atoms with Crippen molar-refractivity contribution in [1.29, 1.82) is 0 Å². The maximum atomic E-state index is 12.3. The highest BCUT2D eigenvalue weighted by Gasteiger charge is 2.17. The minimum atomic E-state index is -0.124. The maximum absolute atomic E-state index is 12.3. The normalized spacial score (nSPS) is 15.9. The monoisotopic (exact) mass is 341 g/mol. The first-order valence-corrected chi connectivity index (χ1v) is 8.21. The van der Waals surface area contributed by atoms with Crippen molar-refractivity contribution in [3.63, 3.8) is 0 Å². The molecule has 1 amide bonds. The van der Waals surface area contributed by atoms with Crippen molar-refractivity contribution in [2.24, 2.45) is 5.18 Å². The number of benzene rings is 1. The third kappa shape index (κ3) is 5.69. The van der Waals surface area contributed by atoms with E-state index in [9.17, 15) is 9.70 Å². The number of rotatable bonds is 7. The lowest BCUT2D eigenvalue weighted by Crippen LogP contribution is -2.44. The van der Waals surface area contributed by atoms with E-state index in [-0.39, 0.29) is 5.91 Å². The van der Waals surface area contributed by atoms with E-state index in [1.165, 1.54) is 11.8 Å². The Morgan fingerprint density at radius 1 is 1.24 bits per heavy atom. The van der Waals surface area contributed by atoms with E-state index in [1.807, 2.05) is 18.2 Å². The first-order chi connectivity index (χ1) is 11.9. The molecular formula is C19H25N4O2+.